The van der Waals surface area contributed by atoms with Crippen LogP contribution in [0, 0.1) is 19.7 Å². The summed E-state index contributed by atoms with van der Waals surface area (Å²) >= 11 is 0. The third-order valence-electron chi connectivity index (χ3n) is 4.16. The van der Waals surface area contributed by atoms with E-state index in [9.17, 15) is 4.39 Å². The second-order valence-corrected chi connectivity index (χ2v) is 6.05. The highest BCUT2D eigenvalue weighted by molar-refractivity contribution is 5.79. The van der Waals surface area contributed by atoms with Crippen molar-refractivity contribution >= 4 is 17.3 Å². The summed E-state index contributed by atoms with van der Waals surface area (Å²) < 4.78 is 15.8. The zero-order chi connectivity index (χ0) is 17.4. The molecule has 5 heteroatoms. The molecule has 4 rings (SSSR count). The van der Waals surface area contributed by atoms with E-state index in [2.05, 4.69) is 15.3 Å². The third-order valence-corrected chi connectivity index (χ3v) is 4.16. The smallest absolute Gasteiger partial charge is 0.235 e. The molecule has 25 heavy (non-hydrogen) atoms. The highest BCUT2D eigenvalue weighted by atomic mass is 19.1. The van der Waals surface area contributed by atoms with Gasteiger partial charge < -0.3 is 5.32 Å². The summed E-state index contributed by atoms with van der Waals surface area (Å²) in [5.41, 5.74) is 4.22. The van der Waals surface area contributed by atoms with Gasteiger partial charge in [-0.15, -0.1) is 0 Å². The minimum Gasteiger partial charge on any atom is -0.339 e. The fraction of sp³-hybridized carbons (Fsp3) is 0.100. The van der Waals surface area contributed by atoms with Crippen LogP contribution in [0.1, 0.15) is 11.1 Å². The molecular formula is C20H17FN4. The van der Waals surface area contributed by atoms with Gasteiger partial charge in [0.2, 0.25) is 5.78 Å². The van der Waals surface area contributed by atoms with E-state index in [-0.39, 0.29) is 5.82 Å². The van der Waals surface area contributed by atoms with E-state index in [1.807, 2.05) is 53.9 Å². The average molecular weight is 332 g/mol. The Labute approximate surface area is 145 Å². The van der Waals surface area contributed by atoms with E-state index in [0.29, 0.717) is 17.0 Å². The number of hydrogen-bond donors (Lipinski definition) is 1. The molecule has 0 aliphatic carbocycles. The van der Waals surface area contributed by atoms with E-state index in [1.165, 1.54) is 11.6 Å². The summed E-state index contributed by atoms with van der Waals surface area (Å²) in [6, 6.07) is 15.1. The predicted octanol–water partition coefficient (Wildman–Crippen LogP) is 4.90. The molecule has 0 radical (unpaired) electrons. The predicted molar refractivity (Wildman–Crippen MR) is 97.6 cm³/mol. The molecule has 1 N–H and O–H groups in total. The maximum atomic E-state index is 13.9. The minimum atomic E-state index is -0.242. The van der Waals surface area contributed by atoms with Gasteiger partial charge in [0, 0.05) is 23.6 Å². The monoisotopic (exact) mass is 332 g/mol. The van der Waals surface area contributed by atoms with Gasteiger partial charge in [-0.25, -0.2) is 14.4 Å². The first-order valence-electron chi connectivity index (χ1n) is 8.05. The van der Waals surface area contributed by atoms with Crippen molar-refractivity contribution in [3.63, 3.8) is 0 Å². The molecule has 0 fully saturated rings. The van der Waals surface area contributed by atoms with Crippen LogP contribution in [-0.2, 0) is 0 Å². The molecule has 2 aromatic heterocycles. The summed E-state index contributed by atoms with van der Waals surface area (Å²) in [5, 5.41) is 3.30. The van der Waals surface area contributed by atoms with Gasteiger partial charge in [0.1, 0.15) is 17.3 Å². The van der Waals surface area contributed by atoms with E-state index < -0.39 is 0 Å². The van der Waals surface area contributed by atoms with Gasteiger partial charge in [-0.05, 0) is 37.6 Å². The van der Waals surface area contributed by atoms with Gasteiger partial charge in [0.15, 0.2) is 0 Å². The first kappa shape index (κ1) is 15.3. The zero-order valence-electron chi connectivity index (χ0n) is 14.0. The number of nitrogens with zero attached hydrogens (tertiary/aromatic N) is 3. The highest BCUT2D eigenvalue weighted by Gasteiger charge is 2.15. The number of benzene rings is 2. The highest BCUT2D eigenvalue weighted by Crippen LogP contribution is 2.31. The molecule has 0 saturated heterocycles. The molecule has 2 aromatic carbocycles. The van der Waals surface area contributed by atoms with Crippen LogP contribution in [0.15, 0.2) is 60.9 Å². The lowest BCUT2D eigenvalue weighted by atomic mass is 10.1. The van der Waals surface area contributed by atoms with Crippen LogP contribution in [0.25, 0.3) is 17.0 Å². The number of rotatable bonds is 3. The molecule has 0 bridgehead atoms. The molecule has 0 spiro atoms. The minimum absolute atomic E-state index is 0.242. The van der Waals surface area contributed by atoms with Crippen molar-refractivity contribution in [2.75, 3.05) is 5.32 Å². The third kappa shape index (κ3) is 2.85. The number of anilines is 2. The molecule has 0 unspecified atom stereocenters. The summed E-state index contributed by atoms with van der Waals surface area (Å²) in [5.74, 6) is 1.11. The van der Waals surface area contributed by atoms with Crippen molar-refractivity contribution in [2.24, 2.45) is 0 Å². The van der Waals surface area contributed by atoms with Gasteiger partial charge in [0.05, 0.1) is 0 Å². The van der Waals surface area contributed by atoms with Crippen molar-refractivity contribution < 1.29 is 4.39 Å². The molecule has 4 aromatic rings. The number of hydrogen-bond acceptors (Lipinski definition) is 3. The summed E-state index contributed by atoms with van der Waals surface area (Å²) in [6.45, 7) is 3.79. The second kappa shape index (κ2) is 6.02. The van der Waals surface area contributed by atoms with Crippen molar-refractivity contribution in [1.82, 2.24) is 14.4 Å². The van der Waals surface area contributed by atoms with Crippen molar-refractivity contribution in [3.8, 4) is 11.3 Å². The quantitative estimate of drug-likeness (QED) is 0.580. The normalized spacial score (nSPS) is 11.0. The molecule has 0 amide bonds. The summed E-state index contributed by atoms with van der Waals surface area (Å²) in [6.07, 6.45) is 3.59. The van der Waals surface area contributed by atoms with Gasteiger partial charge >= 0.3 is 0 Å². The maximum Gasteiger partial charge on any atom is 0.235 e. The molecule has 0 aliphatic rings. The molecule has 0 saturated carbocycles. The summed E-state index contributed by atoms with van der Waals surface area (Å²) in [7, 11) is 0. The van der Waals surface area contributed by atoms with Crippen LogP contribution >= 0.6 is 0 Å². The van der Waals surface area contributed by atoms with Gasteiger partial charge in [-0.3, -0.25) is 4.40 Å². The van der Waals surface area contributed by atoms with E-state index >= 15 is 0 Å². The Kier molecular flexibility index (Phi) is 3.69. The Bertz CT molecular complexity index is 1050. The molecule has 0 atom stereocenters. The number of halogens is 1. The van der Waals surface area contributed by atoms with Gasteiger partial charge in [-0.2, -0.15) is 0 Å². The van der Waals surface area contributed by atoms with Crippen LogP contribution in [0.4, 0.5) is 15.9 Å². The van der Waals surface area contributed by atoms with Crippen molar-refractivity contribution in [2.45, 2.75) is 13.8 Å². The lowest BCUT2D eigenvalue weighted by Crippen LogP contribution is -1.98. The molecule has 124 valence electrons. The van der Waals surface area contributed by atoms with E-state index in [4.69, 9.17) is 0 Å². The lowest BCUT2D eigenvalue weighted by Gasteiger charge is -2.10. The van der Waals surface area contributed by atoms with Crippen molar-refractivity contribution in [1.29, 1.82) is 0 Å². The Morgan fingerprint density at radius 1 is 1.04 bits per heavy atom. The van der Waals surface area contributed by atoms with Gasteiger partial charge in [0.25, 0.3) is 0 Å². The Hall–Kier alpha value is -3.21. The van der Waals surface area contributed by atoms with Crippen LogP contribution < -0.4 is 5.32 Å². The first-order valence-corrected chi connectivity index (χ1v) is 8.05. The average Bonchev–Trinajstić information content (AvgIpc) is 2.97. The molecular weight excluding hydrogens is 315 g/mol. The number of fused-ring (bicyclic) bond motifs is 1. The van der Waals surface area contributed by atoms with E-state index in [1.54, 1.807) is 19.2 Å². The first-order chi connectivity index (χ1) is 12.1. The zero-order valence-corrected chi connectivity index (χ0v) is 14.0. The SMILES string of the molecule is Cc1ccc(-c2nc3ncccn3c2Nc2ccc(C)c(F)c2)cc1. The number of aromatic nitrogens is 3. The van der Waals surface area contributed by atoms with E-state index in [0.717, 1.165) is 17.1 Å². The topological polar surface area (TPSA) is 42.2 Å². The molecule has 4 nitrogen and oxygen atoms in total. The number of nitrogens with one attached hydrogen (secondary N) is 1. The van der Waals surface area contributed by atoms with Gasteiger partial charge in [-0.1, -0.05) is 35.9 Å². The Morgan fingerprint density at radius 3 is 2.60 bits per heavy atom. The Morgan fingerprint density at radius 2 is 1.84 bits per heavy atom. The fourth-order valence-electron chi connectivity index (χ4n) is 2.73. The second-order valence-electron chi connectivity index (χ2n) is 6.05. The molecule has 2 heterocycles. The number of imidazole rings is 1. The largest absolute Gasteiger partial charge is 0.339 e. The standard InChI is InChI=1S/C20H17FN4/c1-13-4-7-15(8-5-13)18-19(25-11-3-10-22-20(25)24-18)23-16-9-6-14(2)17(21)12-16/h3-12,23H,1-2H3. The Balaban J connectivity index is 1.87. The molecule has 0 aliphatic heterocycles. The maximum absolute atomic E-state index is 13.9. The summed E-state index contributed by atoms with van der Waals surface area (Å²) in [4.78, 5) is 8.96. The number of aryl methyl sites for hydroxylation is 2. The lowest BCUT2D eigenvalue weighted by molar-refractivity contribution is 0.619. The van der Waals surface area contributed by atoms with Crippen molar-refractivity contribution in [3.05, 3.63) is 77.9 Å². The van der Waals surface area contributed by atoms with Crippen LogP contribution in [0.3, 0.4) is 0 Å². The van der Waals surface area contributed by atoms with Crippen LogP contribution in [0.5, 0.6) is 0 Å². The van der Waals surface area contributed by atoms with Crippen LogP contribution in [-0.4, -0.2) is 14.4 Å². The fourth-order valence-corrected chi connectivity index (χ4v) is 2.73. The van der Waals surface area contributed by atoms with Crippen LogP contribution in [0.2, 0.25) is 0 Å².